The summed E-state index contributed by atoms with van der Waals surface area (Å²) in [5.41, 5.74) is 0. The molecule has 0 radical (unpaired) electrons. The number of hydrogen-bond acceptors (Lipinski definition) is 2. The molecule has 1 N–H and O–H groups in total. The third kappa shape index (κ3) is 4.36. The molecule has 0 aromatic carbocycles. The molecular weight excluding hydrogens is 218 g/mol. The average Bonchev–Trinajstić information content (AvgIpc) is 2.35. The van der Waals surface area contributed by atoms with E-state index in [0.717, 1.165) is 6.42 Å². The fraction of sp³-hybridized carbons (Fsp3) is 0.846. The Kier molecular flexibility index (Phi) is 5.45. The number of hydrogen-bond donors (Lipinski definition) is 1. The highest BCUT2D eigenvalue weighted by atomic mass is 16.4. The van der Waals surface area contributed by atoms with E-state index < -0.39 is 12.0 Å². The van der Waals surface area contributed by atoms with E-state index in [1.807, 2.05) is 0 Å². The van der Waals surface area contributed by atoms with E-state index in [-0.39, 0.29) is 5.91 Å². The van der Waals surface area contributed by atoms with Crippen LogP contribution in [0.25, 0.3) is 0 Å². The molecular formula is C13H23NO3. The first-order valence-corrected chi connectivity index (χ1v) is 6.51. The van der Waals surface area contributed by atoms with Crippen LogP contribution < -0.4 is 0 Å². The van der Waals surface area contributed by atoms with E-state index in [1.165, 1.54) is 37.0 Å². The Balaban J connectivity index is 2.30. The minimum Gasteiger partial charge on any atom is -0.480 e. The van der Waals surface area contributed by atoms with Crippen molar-refractivity contribution < 1.29 is 14.7 Å². The summed E-state index contributed by atoms with van der Waals surface area (Å²) in [7, 11) is 1.57. The number of carboxylic acid groups (broad SMARTS) is 1. The summed E-state index contributed by atoms with van der Waals surface area (Å²) in [5.74, 6) is -0.328. The maximum absolute atomic E-state index is 11.8. The first kappa shape index (κ1) is 14.0. The van der Waals surface area contributed by atoms with Crippen molar-refractivity contribution in [3.05, 3.63) is 0 Å². The lowest BCUT2D eigenvalue weighted by Crippen LogP contribution is -2.40. The standard InChI is InChI=1S/C13H23NO3/c1-10(13(16)17)14(2)12(15)9-8-11-6-4-3-5-7-11/h10-11H,3-9H2,1-2H3,(H,16,17). The molecule has 0 bridgehead atoms. The molecule has 1 aliphatic carbocycles. The number of likely N-dealkylation sites (N-methyl/N-ethyl adjacent to an activating group) is 1. The van der Waals surface area contributed by atoms with Crippen LogP contribution in [0.3, 0.4) is 0 Å². The van der Waals surface area contributed by atoms with Crippen molar-refractivity contribution in [2.45, 2.75) is 57.9 Å². The van der Waals surface area contributed by atoms with Gasteiger partial charge >= 0.3 is 5.97 Å². The lowest BCUT2D eigenvalue weighted by Gasteiger charge is -2.24. The van der Waals surface area contributed by atoms with Crippen molar-refractivity contribution in [2.24, 2.45) is 5.92 Å². The summed E-state index contributed by atoms with van der Waals surface area (Å²) in [6.07, 6.45) is 7.73. The SMILES string of the molecule is CC(C(=O)O)N(C)C(=O)CCC1CCCCC1. The number of rotatable bonds is 5. The van der Waals surface area contributed by atoms with Crippen LogP contribution in [-0.4, -0.2) is 35.0 Å². The molecule has 0 spiro atoms. The Morgan fingerprint density at radius 1 is 1.29 bits per heavy atom. The van der Waals surface area contributed by atoms with Crippen molar-refractivity contribution in [1.82, 2.24) is 4.90 Å². The minimum atomic E-state index is -0.946. The largest absolute Gasteiger partial charge is 0.480 e. The normalized spacial score (nSPS) is 18.7. The first-order valence-electron chi connectivity index (χ1n) is 6.51. The van der Waals surface area contributed by atoms with Crippen molar-refractivity contribution in [2.75, 3.05) is 7.05 Å². The molecule has 1 aliphatic rings. The van der Waals surface area contributed by atoms with Gasteiger partial charge in [0, 0.05) is 13.5 Å². The monoisotopic (exact) mass is 241 g/mol. The summed E-state index contributed by atoms with van der Waals surface area (Å²) < 4.78 is 0. The molecule has 1 unspecified atom stereocenters. The van der Waals surface area contributed by atoms with Crippen molar-refractivity contribution in [3.63, 3.8) is 0 Å². The maximum Gasteiger partial charge on any atom is 0.326 e. The Labute approximate surface area is 103 Å². The molecule has 0 saturated heterocycles. The van der Waals surface area contributed by atoms with Gasteiger partial charge in [0.1, 0.15) is 6.04 Å². The second-order valence-electron chi connectivity index (χ2n) is 5.06. The second-order valence-corrected chi connectivity index (χ2v) is 5.06. The van der Waals surface area contributed by atoms with Crippen LogP contribution in [0.5, 0.6) is 0 Å². The Hall–Kier alpha value is -1.06. The molecule has 98 valence electrons. The lowest BCUT2D eigenvalue weighted by atomic mass is 9.86. The summed E-state index contributed by atoms with van der Waals surface area (Å²) in [6.45, 7) is 1.54. The number of carbonyl (C=O) groups is 2. The molecule has 0 heterocycles. The van der Waals surface area contributed by atoms with E-state index in [2.05, 4.69) is 0 Å². The molecule has 1 atom stereocenters. The number of amides is 1. The van der Waals surface area contributed by atoms with Gasteiger partial charge in [0.25, 0.3) is 0 Å². The Bertz CT molecular complexity index is 272. The molecule has 0 aliphatic heterocycles. The maximum atomic E-state index is 11.8. The summed E-state index contributed by atoms with van der Waals surface area (Å²) in [4.78, 5) is 23.9. The summed E-state index contributed by atoms with van der Waals surface area (Å²) in [6, 6.07) is -0.728. The Morgan fingerprint density at radius 3 is 2.41 bits per heavy atom. The predicted octanol–water partition coefficient (Wildman–Crippen LogP) is 2.28. The summed E-state index contributed by atoms with van der Waals surface area (Å²) >= 11 is 0. The van der Waals surface area contributed by atoms with Crippen LogP contribution in [-0.2, 0) is 9.59 Å². The average molecular weight is 241 g/mol. The van der Waals surface area contributed by atoms with E-state index in [4.69, 9.17) is 5.11 Å². The zero-order valence-electron chi connectivity index (χ0n) is 10.8. The van der Waals surface area contributed by atoms with Crippen LogP contribution in [0.2, 0.25) is 0 Å². The van der Waals surface area contributed by atoms with Crippen LogP contribution >= 0.6 is 0 Å². The van der Waals surface area contributed by atoms with Crippen LogP contribution in [0.4, 0.5) is 0 Å². The summed E-state index contributed by atoms with van der Waals surface area (Å²) in [5, 5.41) is 8.82. The minimum absolute atomic E-state index is 0.0505. The molecule has 1 saturated carbocycles. The van der Waals surface area contributed by atoms with Gasteiger partial charge in [-0.3, -0.25) is 4.79 Å². The van der Waals surface area contributed by atoms with Gasteiger partial charge in [0.05, 0.1) is 0 Å². The second kappa shape index (κ2) is 6.62. The van der Waals surface area contributed by atoms with Gasteiger partial charge in [0.15, 0.2) is 0 Å². The molecule has 1 fully saturated rings. The van der Waals surface area contributed by atoms with E-state index in [1.54, 1.807) is 14.0 Å². The van der Waals surface area contributed by atoms with Crippen molar-refractivity contribution in [3.8, 4) is 0 Å². The van der Waals surface area contributed by atoms with Crippen LogP contribution in [0.15, 0.2) is 0 Å². The third-order valence-corrected chi connectivity index (χ3v) is 3.82. The quantitative estimate of drug-likeness (QED) is 0.803. The molecule has 0 aromatic heterocycles. The number of carbonyl (C=O) groups excluding carboxylic acids is 1. The molecule has 17 heavy (non-hydrogen) atoms. The van der Waals surface area contributed by atoms with Gasteiger partial charge in [-0.2, -0.15) is 0 Å². The fourth-order valence-corrected chi connectivity index (χ4v) is 2.36. The topological polar surface area (TPSA) is 57.6 Å². The highest BCUT2D eigenvalue weighted by molar-refractivity contribution is 5.83. The highest BCUT2D eigenvalue weighted by Gasteiger charge is 2.22. The molecule has 4 nitrogen and oxygen atoms in total. The predicted molar refractivity (Wildman–Crippen MR) is 65.7 cm³/mol. The van der Waals surface area contributed by atoms with Crippen LogP contribution in [0, 0.1) is 5.92 Å². The zero-order chi connectivity index (χ0) is 12.8. The zero-order valence-corrected chi connectivity index (χ0v) is 10.8. The molecule has 4 heteroatoms. The molecule has 1 amide bonds. The molecule has 1 rings (SSSR count). The van der Waals surface area contributed by atoms with Crippen molar-refractivity contribution in [1.29, 1.82) is 0 Å². The van der Waals surface area contributed by atoms with Gasteiger partial charge in [-0.1, -0.05) is 32.1 Å². The molecule has 0 aromatic rings. The fourth-order valence-electron chi connectivity index (χ4n) is 2.36. The first-order chi connectivity index (χ1) is 8.02. The van der Waals surface area contributed by atoms with Gasteiger partial charge < -0.3 is 10.0 Å². The number of nitrogens with zero attached hydrogens (tertiary/aromatic N) is 1. The number of aliphatic carboxylic acids is 1. The van der Waals surface area contributed by atoms with Gasteiger partial charge in [-0.05, 0) is 19.3 Å². The van der Waals surface area contributed by atoms with Gasteiger partial charge in [0.2, 0.25) is 5.91 Å². The highest BCUT2D eigenvalue weighted by Crippen LogP contribution is 2.27. The van der Waals surface area contributed by atoms with E-state index >= 15 is 0 Å². The van der Waals surface area contributed by atoms with Gasteiger partial charge in [-0.15, -0.1) is 0 Å². The third-order valence-electron chi connectivity index (χ3n) is 3.82. The van der Waals surface area contributed by atoms with Crippen LogP contribution in [0.1, 0.15) is 51.9 Å². The van der Waals surface area contributed by atoms with E-state index in [9.17, 15) is 9.59 Å². The van der Waals surface area contributed by atoms with Crippen molar-refractivity contribution >= 4 is 11.9 Å². The smallest absolute Gasteiger partial charge is 0.326 e. The van der Waals surface area contributed by atoms with Gasteiger partial charge in [-0.25, -0.2) is 4.79 Å². The lowest BCUT2D eigenvalue weighted by molar-refractivity contribution is -0.148. The number of carboxylic acids is 1. The Morgan fingerprint density at radius 2 is 1.88 bits per heavy atom. The van der Waals surface area contributed by atoms with E-state index in [0.29, 0.717) is 12.3 Å².